The number of amides is 2. The van der Waals surface area contributed by atoms with Crippen LogP contribution in [0.15, 0.2) is 24.3 Å². The van der Waals surface area contributed by atoms with Crippen LogP contribution in [-0.4, -0.2) is 144 Å². The highest BCUT2D eigenvalue weighted by molar-refractivity contribution is 5.80. The second-order valence-electron chi connectivity index (χ2n) is 11.7. The molecule has 0 saturated carbocycles. The molecular weight excluding hydrogens is 586 g/mol. The lowest BCUT2D eigenvalue weighted by atomic mass is 10.0. The van der Waals surface area contributed by atoms with E-state index >= 15 is 0 Å². The Morgan fingerprint density at radius 2 is 1.29 bits per heavy atom. The van der Waals surface area contributed by atoms with E-state index in [-0.39, 0.29) is 51.1 Å². The van der Waals surface area contributed by atoms with E-state index in [4.69, 9.17) is 10.6 Å². The van der Waals surface area contributed by atoms with Gasteiger partial charge in [-0.2, -0.15) is 0 Å². The predicted molar refractivity (Wildman–Crippen MR) is 166 cm³/mol. The molecule has 2 rings (SSSR count). The van der Waals surface area contributed by atoms with Gasteiger partial charge in [-0.1, -0.05) is 38.1 Å². The number of hydrogen-bond donors (Lipinski definition) is 5. The maximum Gasteiger partial charge on any atom is 0.317 e. The molecule has 0 aromatic heterocycles. The van der Waals surface area contributed by atoms with E-state index in [2.05, 4.69) is 10.8 Å². The summed E-state index contributed by atoms with van der Waals surface area (Å²) in [6.07, 6.45) is 1.34. The van der Waals surface area contributed by atoms with Crippen molar-refractivity contribution in [1.82, 2.24) is 30.4 Å². The highest BCUT2D eigenvalue weighted by Gasteiger charge is 2.20. The van der Waals surface area contributed by atoms with Crippen LogP contribution in [0.2, 0.25) is 0 Å². The molecule has 0 aliphatic carbocycles. The fourth-order valence-corrected chi connectivity index (χ4v) is 4.82. The van der Waals surface area contributed by atoms with Gasteiger partial charge in [-0.05, 0) is 23.5 Å². The summed E-state index contributed by atoms with van der Waals surface area (Å²) in [5.41, 5.74) is 9.92. The van der Waals surface area contributed by atoms with Crippen molar-refractivity contribution in [3.8, 4) is 0 Å². The minimum absolute atomic E-state index is 0.0592. The van der Waals surface area contributed by atoms with E-state index in [1.165, 1.54) is 0 Å². The van der Waals surface area contributed by atoms with E-state index in [1.807, 2.05) is 47.9 Å². The van der Waals surface area contributed by atoms with Gasteiger partial charge < -0.3 is 26.1 Å². The van der Waals surface area contributed by atoms with Crippen LogP contribution in [-0.2, 0) is 42.0 Å². The third kappa shape index (κ3) is 16.4. The van der Waals surface area contributed by atoms with Gasteiger partial charge in [-0.3, -0.25) is 43.6 Å². The number of benzene rings is 1. The van der Waals surface area contributed by atoms with Crippen LogP contribution in [0.4, 0.5) is 0 Å². The lowest BCUT2D eigenvalue weighted by Gasteiger charge is -2.32. The molecule has 15 heteroatoms. The van der Waals surface area contributed by atoms with Crippen LogP contribution >= 0.6 is 0 Å². The average Bonchev–Trinajstić information content (AvgIpc) is 2.97. The second kappa shape index (κ2) is 20.5. The lowest BCUT2D eigenvalue weighted by molar-refractivity contribution is -0.139. The first-order valence-corrected chi connectivity index (χ1v) is 15.2. The molecule has 45 heavy (non-hydrogen) atoms. The van der Waals surface area contributed by atoms with Crippen molar-refractivity contribution in [3.05, 3.63) is 35.4 Å². The summed E-state index contributed by atoms with van der Waals surface area (Å²) in [7, 11) is 0. The third-order valence-corrected chi connectivity index (χ3v) is 7.33. The summed E-state index contributed by atoms with van der Waals surface area (Å²) >= 11 is 0. The highest BCUT2D eigenvalue weighted by atomic mass is 16.6. The van der Waals surface area contributed by atoms with Crippen molar-refractivity contribution >= 4 is 30.0 Å². The molecule has 0 radical (unpaired) electrons. The van der Waals surface area contributed by atoms with Crippen molar-refractivity contribution < 1.29 is 39.0 Å². The summed E-state index contributed by atoms with van der Waals surface area (Å²) < 4.78 is 0. The van der Waals surface area contributed by atoms with E-state index in [9.17, 15) is 34.2 Å². The van der Waals surface area contributed by atoms with Gasteiger partial charge in [-0.25, -0.2) is 5.48 Å². The van der Waals surface area contributed by atoms with Gasteiger partial charge >= 0.3 is 11.9 Å². The zero-order valence-corrected chi connectivity index (χ0v) is 26.4. The number of hydroxylamine groups is 1. The minimum Gasteiger partial charge on any atom is -0.480 e. The molecule has 15 nitrogen and oxygen atoms in total. The van der Waals surface area contributed by atoms with Crippen molar-refractivity contribution in [2.24, 2.45) is 11.7 Å². The topological polar surface area (TPSA) is 198 Å². The van der Waals surface area contributed by atoms with E-state index in [0.717, 1.165) is 17.4 Å². The number of nitrogens with one attached hydrogen (secondary N) is 2. The lowest BCUT2D eigenvalue weighted by Crippen LogP contribution is -2.49. The number of carboxylic acids is 2. The first-order chi connectivity index (χ1) is 21.4. The Morgan fingerprint density at radius 1 is 0.822 bits per heavy atom. The molecule has 1 aliphatic rings. The number of rotatable bonds is 16. The quantitative estimate of drug-likeness (QED) is 0.108. The summed E-state index contributed by atoms with van der Waals surface area (Å²) in [4.78, 5) is 71.6. The van der Waals surface area contributed by atoms with Crippen molar-refractivity contribution in [1.29, 1.82) is 0 Å². The van der Waals surface area contributed by atoms with Gasteiger partial charge in [0.05, 0.1) is 38.8 Å². The molecule has 1 aromatic rings. The largest absolute Gasteiger partial charge is 0.480 e. The maximum absolute atomic E-state index is 12.9. The number of aldehydes is 1. The monoisotopic (exact) mass is 635 g/mol. The third-order valence-electron chi connectivity index (χ3n) is 7.33. The Bertz CT molecular complexity index is 1060. The number of hydrogen-bond acceptors (Lipinski definition) is 11. The number of nitrogens with zero attached hydrogens (tertiary/aromatic N) is 4. The Morgan fingerprint density at radius 3 is 1.76 bits per heavy atom. The van der Waals surface area contributed by atoms with Crippen molar-refractivity contribution in [2.75, 3.05) is 78.5 Å². The van der Waals surface area contributed by atoms with Crippen molar-refractivity contribution in [2.45, 2.75) is 39.5 Å². The molecule has 1 heterocycles. The van der Waals surface area contributed by atoms with Gasteiger partial charge in [0.1, 0.15) is 6.29 Å². The summed E-state index contributed by atoms with van der Waals surface area (Å²) in [5, 5.41) is 21.7. The van der Waals surface area contributed by atoms with Gasteiger partial charge in [0.15, 0.2) is 0 Å². The molecule has 1 aliphatic heterocycles. The SMILES string of the molecule is CC(C)C[C@@H](N)C(=O)NOCc1ccc(CNC(=O)CN2CCN(CC(=O)O)CCN(CC=O)CCN(CC(=O)O)CC2)cc1. The van der Waals surface area contributed by atoms with Crippen molar-refractivity contribution in [3.63, 3.8) is 0 Å². The van der Waals surface area contributed by atoms with Gasteiger partial charge in [-0.15, -0.1) is 0 Å². The molecule has 1 aromatic carbocycles. The fourth-order valence-electron chi connectivity index (χ4n) is 4.82. The van der Waals surface area contributed by atoms with Crippen LogP contribution in [0.3, 0.4) is 0 Å². The smallest absolute Gasteiger partial charge is 0.317 e. The maximum atomic E-state index is 12.9. The fraction of sp³-hybridized carbons (Fsp3) is 0.633. The molecule has 252 valence electrons. The van der Waals surface area contributed by atoms with Crippen LogP contribution in [0.1, 0.15) is 31.4 Å². The molecule has 1 saturated heterocycles. The molecular formula is C30H49N7O8. The molecule has 0 spiro atoms. The van der Waals surface area contributed by atoms with E-state index < -0.39 is 18.0 Å². The minimum atomic E-state index is -0.964. The van der Waals surface area contributed by atoms with Gasteiger partial charge in [0, 0.05) is 58.9 Å². The van der Waals surface area contributed by atoms with Crippen LogP contribution in [0, 0.1) is 5.92 Å². The van der Waals surface area contributed by atoms with Crippen LogP contribution in [0.5, 0.6) is 0 Å². The Hall–Kier alpha value is -3.47. The zero-order chi connectivity index (χ0) is 33.2. The molecule has 1 fully saturated rings. The second-order valence-corrected chi connectivity index (χ2v) is 11.7. The van der Waals surface area contributed by atoms with Crippen LogP contribution < -0.4 is 16.5 Å². The number of carbonyl (C=O) groups is 5. The molecule has 6 N–H and O–H groups in total. The summed E-state index contributed by atoms with van der Waals surface area (Å²) in [5.74, 6) is -2.22. The first-order valence-electron chi connectivity index (χ1n) is 15.2. The van der Waals surface area contributed by atoms with Gasteiger partial charge in [0.25, 0.3) is 5.91 Å². The predicted octanol–water partition coefficient (Wildman–Crippen LogP) is -1.19. The van der Waals surface area contributed by atoms with E-state index in [1.54, 1.807) is 9.80 Å². The number of carbonyl (C=O) groups excluding carboxylic acids is 3. The molecule has 2 amide bonds. The highest BCUT2D eigenvalue weighted by Crippen LogP contribution is 2.07. The van der Waals surface area contributed by atoms with E-state index in [0.29, 0.717) is 64.7 Å². The Labute approximate surface area is 264 Å². The number of nitrogens with two attached hydrogens (primary N) is 1. The van der Waals surface area contributed by atoms with Crippen LogP contribution in [0.25, 0.3) is 0 Å². The Kier molecular flexibility index (Phi) is 17.2. The Balaban J connectivity index is 1.92. The zero-order valence-electron chi connectivity index (χ0n) is 26.4. The molecule has 0 bridgehead atoms. The standard InChI is InChI=1S/C30H49N7O8/c1-23(2)17-26(31)30(44)33-45-22-25-5-3-24(4-6-25)18-32-27(39)19-35-11-13-36(20-28(40)41)9-7-34(15-16-38)8-10-37(14-12-35)21-29(42)43/h3-6,16,23,26H,7-15,17-22,31H2,1-2H3,(H,32,39)(H,33,44)(H,40,41)(H,42,43)/t26-/m1/s1. The molecule has 0 unspecified atom stereocenters. The molecule has 1 atom stereocenters. The normalized spacial score (nSPS) is 17.2. The number of aliphatic carboxylic acids is 2. The summed E-state index contributed by atoms with van der Waals surface area (Å²) in [6, 6.07) is 6.74. The number of carboxylic acid groups (broad SMARTS) is 2. The average molecular weight is 636 g/mol. The first kappa shape index (κ1) is 37.7. The summed E-state index contributed by atoms with van der Waals surface area (Å²) in [6.45, 7) is 7.66. The van der Waals surface area contributed by atoms with Gasteiger partial charge in [0.2, 0.25) is 5.91 Å².